The SMILES string of the molecule is S=c1nc2c(-c3nc4ccccc4s3)cc3cc(Cl)ccc3n2[nH]1. The first-order valence-corrected chi connectivity index (χ1v) is 8.86. The van der Waals surface area contributed by atoms with Gasteiger partial charge in [-0.25, -0.2) is 9.50 Å². The van der Waals surface area contributed by atoms with Crippen molar-refractivity contribution in [2.45, 2.75) is 0 Å². The molecule has 1 N–H and O–H groups in total. The van der Waals surface area contributed by atoms with Crippen LogP contribution in [0.4, 0.5) is 0 Å². The maximum Gasteiger partial charge on any atom is 0.214 e. The number of nitrogens with one attached hydrogen (secondary N) is 1. The van der Waals surface area contributed by atoms with Gasteiger partial charge in [-0.3, -0.25) is 5.10 Å². The number of rotatable bonds is 1. The molecule has 0 atom stereocenters. The molecule has 2 aromatic carbocycles. The molecule has 7 heteroatoms. The minimum absolute atomic E-state index is 0.444. The Balaban J connectivity index is 1.93. The summed E-state index contributed by atoms with van der Waals surface area (Å²) in [5.41, 5.74) is 3.67. The summed E-state index contributed by atoms with van der Waals surface area (Å²) in [6, 6.07) is 15.9. The van der Waals surface area contributed by atoms with Crippen LogP contribution in [0.2, 0.25) is 5.02 Å². The summed E-state index contributed by atoms with van der Waals surface area (Å²) in [6.45, 7) is 0. The Morgan fingerprint density at radius 3 is 2.83 bits per heavy atom. The van der Waals surface area contributed by atoms with Crippen LogP contribution in [0.3, 0.4) is 0 Å². The van der Waals surface area contributed by atoms with Gasteiger partial charge in [-0.2, -0.15) is 4.98 Å². The minimum Gasteiger partial charge on any atom is -0.266 e. The van der Waals surface area contributed by atoms with Crippen molar-refractivity contribution in [3.05, 3.63) is 58.3 Å². The fourth-order valence-corrected chi connectivity index (χ4v) is 4.22. The molecule has 5 rings (SSSR count). The lowest BCUT2D eigenvalue weighted by Crippen LogP contribution is -1.93. The summed E-state index contributed by atoms with van der Waals surface area (Å²) in [4.78, 5) is 9.24. The van der Waals surface area contributed by atoms with E-state index in [4.69, 9.17) is 28.8 Å². The lowest BCUT2D eigenvalue weighted by molar-refractivity contribution is 0.993. The summed E-state index contributed by atoms with van der Waals surface area (Å²) in [6.07, 6.45) is 0. The van der Waals surface area contributed by atoms with E-state index in [1.165, 1.54) is 0 Å². The van der Waals surface area contributed by atoms with E-state index in [-0.39, 0.29) is 0 Å². The van der Waals surface area contributed by atoms with Crippen molar-refractivity contribution in [3.63, 3.8) is 0 Å². The number of aromatic nitrogens is 4. The quantitative estimate of drug-likeness (QED) is 0.399. The van der Waals surface area contributed by atoms with Crippen molar-refractivity contribution < 1.29 is 0 Å². The van der Waals surface area contributed by atoms with Gasteiger partial charge in [0.1, 0.15) is 5.01 Å². The largest absolute Gasteiger partial charge is 0.266 e. The van der Waals surface area contributed by atoms with Crippen molar-refractivity contribution in [2.24, 2.45) is 0 Å². The molecule has 3 heterocycles. The number of nitrogens with zero attached hydrogens (tertiary/aromatic N) is 3. The molecule has 0 radical (unpaired) electrons. The van der Waals surface area contributed by atoms with Crippen LogP contribution in [0.15, 0.2) is 48.5 Å². The minimum atomic E-state index is 0.444. The smallest absolute Gasteiger partial charge is 0.214 e. The molecule has 0 saturated carbocycles. The van der Waals surface area contributed by atoms with Crippen LogP contribution in [0.1, 0.15) is 0 Å². The van der Waals surface area contributed by atoms with Gasteiger partial charge in [0, 0.05) is 10.4 Å². The number of hydrogen-bond donors (Lipinski definition) is 1. The number of para-hydroxylation sites is 1. The second kappa shape index (κ2) is 5.11. The standard InChI is InChI=1S/C17H9ClN4S2/c18-10-5-6-13-9(7-10)8-11(15-20-17(23)21-22(13)15)16-19-12-3-1-2-4-14(12)24-16/h1-8H,(H,21,23). The van der Waals surface area contributed by atoms with Gasteiger partial charge < -0.3 is 0 Å². The predicted octanol–water partition coefficient (Wildman–Crippen LogP) is 5.48. The van der Waals surface area contributed by atoms with Crippen LogP contribution < -0.4 is 0 Å². The fraction of sp³-hybridized carbons (Fsp3) is 0. The van der Waals surface area contributed by atoms with Gasteiger partial charge in [0.25, 0.3) is 0 Å². The Bertz CT molecular complexity index is 1270. The molecule has 0 aliphatic carbocycles. The third kappa shape index (κ3) is 2.07. The van der Waals surface area contributed by atoms with Crippen LogP contribution in [-0.4, -0.2) is 19.6 Å². The highest BCUT2D eigenvalue weighted by Crippen LogP contribution is 2.34. The second-order valence-electron chi connectivity index (χ2n) is 5.44. The summed E-state index contributed by atoms with van der Waals surface area (Å²) < 4.78 is 3.49. The van der Waals surface area contributed by atoms with Crippen molar-refractivity contribution in [1.29, 1.82) is 0 Å². The summed E-state index contributed by atoms with van der Waals surface area (Å²) in [5, 5.41) is 5.73. The van der Waals surface area contributed by atoms with Gasteiger partial charge in [-0.05, 0) is 48.6 Å². The number of fused-ring (bicyclic) bond motifs is 4. The second-order valence-corrected chi connectivity index (χ2v) is 7.29. The van der Waals surface area contributed by atoms with Gasteiger partial charge in [0.15, 0.2) is 5.65 Å². The van der Waals surface area contributed by atoms with Gasteiger partial charge in [-0.15, -0.1) is 11.3 Å². The number of aromatic amines is 1. The van der Waals surface area contributed by atoms with Crippen LogP contribution in [-0.2, 0) is 0 Å². The van der Waals surface area contributed by atoms with Crippen molar-refractivity contribution in [2.75, 3.05) is 0 Å². The average Bonchev–Trinajstić information content (AvgIpc) is 3.16. The number of H-pyrrole nitrogens is 1. The maximum absolute atomic E-state index is 6.17. The van der Waals surface area contributed by atoms with E-state index < -0.39 is 0 Å². The first-order valence-electron chi connectivity index (χ1n) is 7.26. The summed E-state index contributed by atoms with van der Waals surface area (Å²) >= 11 is 13.1. The van der Waals surface area contributed by atoms with Crippen LogP contribution in [0.25, 0.3) is 37.3 Å². The number of thiazole rings is 1. The molecule has 0 aliphatic heterocycles. The third-order valence-corrected chi connectivity index (χ3v) is 5.41. The zero-order valence-corrected chi connectivity index (χ0v) is 14.5. The lowest BCUT2D eigenvalue weighted by Gasteiger charge is -2.06. The van der Waals surface area contributed by atoms with E-state index in [1.807, 2.05) is 40.9 Å². The molecule has 4 nitrogen and oxygen atoms in total. The van der Waals surface area contributed by atoms with E-state index in [0.29, 0.717) is 9.79 Å². The zero-order chi connectivity index (χ0) is 16.3. The Morgan fingerprint density at radius 1 is 1.08 bits per heavy atom. The predicted molar refractivity (Wildman–Crippen MR) is 102 cm³/mol. The van der Waals surface area contributed by atoms with Crippen molar-refractivity contribution >= 4 is 61.9 Å². The van der Waals surface area contributed by atoms with Gasteiger partial charge in [0.2, 0.25) is 4.77 Å². The molecule has 24 heavy (non-hydrogen) atoms. The molecule has 0 saturated heterocycles. The Morgan fingerprint density at radius 2 is 1.96 bits per heavy atom. The molecule has 0 bridgehead atoms. The van der Waals surface area contributed by atoms with Crippen LogP contribution >= 0.6 is 35.2 Å². The number of pyridine rings is 1. The average molecular weight is 369 g/mol. The van der Waals surface area contributed by atoms with E-state index in [2.05, 4.69) is 22.2 Å². The van der Waals surface area contributed by atoms with Crippen LogP contribution in [0.5, 0.6) is 0 Å². The first kappa shape index (κ1) is 14.1. The highest BCUT2D eigenvalue weighted by molar-refractivity contribution is 7.71. The fourth-order valence-electron chi connectivity index (χ4n) is 2.88. The van der Waals surface area contributed by atoms with Crippen molar-refractivity contribution in [3.8, 4) is 10.6 Å². The summed E-state index contributed by atoms with van der Waals surface area (Å²) in [7, 11) is 0. The van der Waals surface area contributed by atoms with Crippen LogP contribution in [0, 0.1) is 4.77 Å². The third-order valence-electron chi connectivity index (χ3n) is 3.92. The Hall–Kier alpha value is -2.28. The number of benzene rings is 2. The molecule has 0 fully saturated rings. The van der Waals surface area contributed by atoms with E-state index in [9.17, 15) is 0 Å². The van der Waals surface area contributed by atoms with Gasteiger partial charge >= 0.3 is 0 Å². The normalized spacial score (nSPS) is 11.7. The Kier molecular flexibility index (Phi) is 3.00. The van der Waals surface area contributed by atoms with E-state index in [0.717, 1.165) is 37.3 Å². The molecule has 5 aromatic rings. The Labute approximate surface area is 150 Å². The topological polar surface area (TPSA) is 46.0 Å². The highest BCUT2D eigenvalue weighted by Gasteiger charge is 2.14. The van der Waals surface area contributed by atoms with Gasteiger partial charge in [0.05, 0.1) is 21.3 Å². The highest BCUT2D eigenvalue weighted by atomic mass is 35.5. The molecule has 0 amide bonds. The number of halogens is 1. The zero-order valence-electron chi connectivity index (χ0n) is 12.2. The van der Waals surface area contributed by atoms with E-state index in [1.54, 1.807) is 11.3 Å². The van der Waals surface area contributed by atoms with E-state index >= 15 is 0 Å². The number of hydrogen-bond acceptors (Lipinski definition) is 4. The van der Waals surface area contributed by atoms with Crippen molar-refractivity contribution in [1.82, 2.24) is 19.6 Å². The molecule has 0 aliphatic rings. The maximum atomic E-state index is 6.17. The molecule has 3 aromatic heterocycles. The first-order chi connectivity index (χ1) is 11.7. The van der Waals surface area contributed by atoms with Gasteiger partial charge in [-0.1, -0.05) is 23.7 Å². The lowest BCUT2D eigenvalue weighted by atomic mass is 10.1. The molecule has 0 spiro atoms. The summed E-state index contributed by atoms with van der Waals surface area (Å²) in [5.74, 6) is 0. The molecular formula is C17H9ClN4S2. The molecular weight excluding hydrogens is 360 g/mol. The molecule has 0 unspecified atom stereocenters. The monoisotopic (exact) mass is 368 g/mol. The molecule has 116 valence electrons.